The largest absolute Gasteiger partial charge is 0.709 e. The zero-order valence-corrected chi connectivity index (χ0v) is 9.63. The molecule has 6 heteroatoms. The average molecular weight is 275 g/mol. The van der Waals surface area contributed by atoms with Gasteiger partial charge in [-0.25, -0.2) is 4.79 Å². The molecule has 0 spiro atoms. The summed E-state index contributed by atoms with van der Waals surface area (Å²) in [6, 6.07) is 12.4. The minimum atomic E-state index is -2.09. The first-order chi connectivity index (χ1) is 7.68. The van der Waals surface area contributed by atoms with Crippen molar-refractivity contribution in [2.24, 2.45) is 0 Å². The molecule has 90 valence electrons. The SMILES string of the molecule is O=C(OB(O)O)c1cccc2ccccc12.[Ni]. The summed E-state index contributed by atoms with van der Waals surface area (Å²) < 4.78 is 4.32. The van der Waals surface area contributed by atoms with Crippen LogP contribution in [0.15, 0.2) is 42.5 Å². The maximum absolute atomic E-state index is 11.5. The van der Waals surface area contributed by atoms with Crippen molar-refractivity contribution in [3.63, 3.8) is 0 Å². The molecular weight excluding hydrogens is 266 g/mol. The van der Waals surface area contributed by atoms with Gasteiger partial charge in [-0.1, -0.05) is 36.4 Å². The summed E-state index contributed by atoms with van der Waals surface area (Å²) in [4.78, 5) is 11.5. The summed E-state index contributed by atoms with van der Waals surface area (Å²) in [5.41, 5.74) is 0.311. The van der Waals surface area contributed by atoms with Crippen molar-refractivity contribution in [2.45, 2.75) is 0 Å². The third-order valence-electron chi connectivity index (χ3n) is 2.22. The molecule has 0 fully saturated rings. The van der Waals surface area contributed by atoms with Gasteiger partial charge in [0.1, 0.15) is 0 Å². The van der Waals surface area contributed by atoms with Crippen molar-refractivity contribution in [3.8, 4) is 0 Å². The first-order valence-electron chi connectivity index (χ1n) is 4.73. The minimum Gasteiger partial charge on any atom is -0.481 e. The smallest absolute Gasteiger partial charge is 0.481 e. The van der Waals surface area contributed by atoms with Gasteiger partial charge in [-0.05, 0) is 16.8 Å². The van der Waals surface area contributed by atoms with Crippen LogP contribution >= 0.6 is 0 Å². The van der Waals surface area contributed by atoms with Crippen LogP contribution in [-0.4, -0.2) is 23.3 Å². The summed E-state index contributed by atoms with van der Waals surface area (Å²) in [6.07, 6.45) is 0. The van der Waals surface area contributed by atoms with Crippen molar-refractivity contribution in [1.82, 2.24) is 0 Å². The first-order valence-corrected chi connectivity index (χ1v) is 4.73. The van der Waals surface area contributed by atoms with Gasteiger partial charge < -0.3 is 14.7 Å². The van der Waals surface area contributed by atoms with Crippen LogP contribution in [0.25, 0.3) is 10.8 Å². The Morgan fingerprint density at radius 1 is 1.06 bits per heavy atom. The maximum Gasteiger partial charge on any atom is 0.709 e. The Morgan fingerprint density at radius 3 is 2.41 bits per heavy atom. The molecule has 2 N–H and O–H groups in total. The molecule has 2 aromatic carbocycles. The van der Waals surface area contributed by atoms with Crippen LogP contribution in [0.1, 0.15) is 10.4 Å². The van der Waals surface area contributed by atoms with E-state index in [2.05, 4.69) is 4.65 Å². The average Bonchev–Trinajstić information content (AvgIpc) is 2.27. The third kappa shape index (κ3) is 3.07. The second-order valence-corrected chi connectivity index (χ2v) is 3.26. The fourth-order valence-corrected chi connectivity index (χ4v) is 1.56. The molecule has 2 rings (SSSR count). The molecular formula is C11H9BNiO4. The summed E-state index contributed by atoms with van der Waals surface area (Å²) in [5, 5.41) is 18.7. The Hall–Kier alpha value is -1.35. The maximum atomic E-state index is 11.5. The molecule has 0 aliphatic carbocycles. The molecule has 4 nitrogen and oxygen atoms in total. The van der Waals surface area contributed by atoms with Crippen LogP contribution in [-0.2, 0) is 21.1 Å². The van der Waals surface area contributed by atoms with Gasteiger partial charge in [0.15, 0.2) is 0 Å². The van der Waals surface area contributed by atoms with Crippen LogP contribution in [0.2, 0.25) is 0 Å². The Kier molecular flexibility index (Phi) is 4.70. The van der Waals surface area contributed by atoms with Gasteiger partial charge in [-0.3, -0.25) is 0 Å². The van der Waals surface area contributed by atoms with Gasteiger partial charge >= 0.3 is 13.3 Å². The number of hydrogen-bond acceptors (Lipinski definition) is 4. The predicted molar refractivity (Wildman–Crippen MR) is 59.6 cm³/mol. The molecule has 2 aromatic rings. The molecule has 0 saturated heterocycles. The van der Waals surface area contributed by atoms with E-state index in [4.69, 9.17) is 10.0 Å². The zero-order valence-electron chi connectivity index (χ0n) is 8.65. The van der Waals surface area contributed by atoms with Gasteiger partial charge in [0.25, 0.3) is 0 Å². The van der Waals surface area contributed by atoms with E-state index < -0.39 is 13.3 Å². The molecule has 0 saturated carbocycles. The third-order valence-corrected chi connectivity index (χ3v) is 2.22. The quantitative estimate of drug-likeness (QED) is 0.801. The molecule has 17 heavy (non-hydrogen) atoms. The standard InChI is InChI=1S/C11H9BO4.Ni/c13-11(16-12(14)15)10-7-3-5-8-4-1-2-6-9(8)10;/h1-7,14-15H;. The molecule has 0 amide bonds. The van der Waals surface area contributed by atoms with Crippen molar-refractivity contribution in [1.29, 1.82) is 0 Å². The number of fused-ring (bicyclic) bond motifs is 1. The van der Waals surface area contributed by atoms with E-state index in [9.17, 15) is 4.79 Å². The van der Waals surface area contributed by atoms with Crippen molar-refractivity contribution in [3.05, 3.63) is 48.0 Å². The number of rotatable bonds is 2. The first kappa shape index (κ1) is 13.7. The van der Waals surface area contributed by atoms with E-state index in [0.29, 0.717) is 5.56 Å². The zero-order chi connectivity index (χ0) is 11.5. The summed E-state index contributed by atoms with van der Waals surface area (Å²) >= 11 is 0. The fraction of sp³-hybridized carbons (Fsp3) is 0. The van der Waals surface area contributed by atoms with Crippen molar-refractivity contribution < 1.29 is 36.0 Å². The predicted octanol–water partition coefficient (Wildman–Crippen LogP) is 0.964. The molecule has 0 unspecified atom stereocenters. The van der Waals surface area contributed by atoms with Crippen LogP contribution in [0, 0.1) is 0 Å². The normalized spacial score (nSPS) is 9.53. The molecule has 0 aliphatic rings. The van der Waals surface area contributed by atoms with Gasteiger partial charge in [0, 0.05) is 16.5 Å². The van der Waals surface area contributed by atoms with Gasteiger partial charge in [0.2, 0.25) is 0 Å². The van der Waals surface area contributed by atoms with E-state index in [1.807, 2.05) is 18.2 Å². The molecule has 0 aromatic heterocycles. The number of carbonyl (C=O) groups is 1. The van der Waals surface area contributed by atoms with E-state index in [1.165, 1.54) is 0 Å². The number of hydrogen-bond donors (Lipinski definition) is 2. The molecule has 0 radical (unpaired) electrons. The molecule has 0 bridgehead atoms. The second-order valence-electron chi connectivity index (χ2n) is 3.26. The second kappa shape index (κ2) is 5.82. The molecule has 0 aliphatic heterocycles. The molecule has 0 atom stereocenters. The van der Waals surface area contributed by atoms with Crippen LogP contribution < -0.4 is 0 Å². The summed E-state index contributed by atoms with van der Waals surface area (Å²) in [7, 11) is -2.09. The van der Waals surface area contributed by atoms with Crippen LogP contribution in [0.3, 0.4) is 0 Å². The topological polar surface area (TPSA) is 66.8 Å². The van der Waals surface area contributed by atoms with Crippen LogP contribution in [0.4, 0.5) is 0 Å². The monoisotopic (exact) mass is 274 g/mol. The van der Waals surface area contributed by atoms with E-state index in [-0.39, 0.29) is 16.5 Å². The Balaban J connectivity index is 0.00000144. The van der Waals surface area contributed by atoms with Crippen molar-refractivity contribution in [2.75, 3.05) is 0 Å². The summed E-state index contributed by atoms with van der Waals surface area (Å²) in [5.74, 6) is -0.758. The fourth-order valence-electron chi connectivity index (χ4n) is 1.56. The van der Waals surface area contributed by atoms with E-state index in [1.54, 1.807) is 24.3 Å². The van der Waals surface area contributed by atoms with Gasteiger partial charge in [-0.15, -0.1) is 0 Å². The summed E-state index contributed by atoms with van der Waals surface area (Å²) in [6.45, 7) is 0. The van der Waals surface area contributed by atoms with E-state index >= 15 is 0 Å². The Bertz CT molecular complexity index is 524. The van der Waals surface area contributed by atoms with Crippen LogP contribution in [0.5, 0.6) is 0 Å². The Morgan fingerprint density at radius 2 is 1.71 bits per heavy atom. The van der Waals surface area contributed by atoms with Gasteiger partial charge in [0.05, 0.1) is 5.56 Å². The number of benzene rings is 2. The minimum absolute atomic E-state index is 0. The molecule has 0 heterocycles. The number of carbonyl (C=O) groups excluding carboxylic acids is 1. The Labute approximate surface area is 108 Å². The van der Waals surface area contributed by atoms with Crippen molar-refractivity contribution >= 4 is 24.1 Å². The van der Waals surface area contributed by atoms with Gasteiger partial charge in [-0.2, -0.15) is 0 Å². The van der Waals surface area contributed by atoms with E-state index in [0.717, 1.165) is 10.8 Å².